The normalized spacial score (nSPS) is 11.6. The molecule has 0 aliphatic heterocycles. The third-order valence-corrected chi connectivity index (χ3v) is 2.80. The van der Waals surface area contributed by atoms with E-state index in [1.54, 1.807) is 38.2 Å². The summed E-state index contributed by atoms with van der Waals surface area (Å²) in [5, 5.41) is 0. The van der Waals surface area contributed by atoms with Crippen LogP contribution in [0.2, 0.25) is 0 Å². The Bertz CT molecular complexity index is 476. The van der Waals surface area contributed by atoms with Crippen LogP contribution in [0.1, 0.15) is 6.92 Å². The predicted octanol–water partition coefficient (Wildman–Crippen LogP) is 0.915. The highest BCUT2D eigenvalue weighted by Gasteiger charge is 2.18. The largest absolute Gasteiger partial charge is 0.484 e. The van der Waals surface area contributed by atoms with E-state index in [-0.39, 0.29) is 30.9 Å². The molecule has 0 aliphatic carbocycles. The van der Waals surface area contributed by atoms with E-state index >= 15 is 0 Å². The topological polar surface area (TPSA) is 81.9 Å². The smallest absolute Gasteiger partial charge is 0.310 e. The first-order valence-electron chi connectivity index (χ1n) is 6.24. The fourth-order valence-electron chi connectivity index (χ4n) is 1.65. The summed E-state index contributed by atoms with van der Waals surface area (Å²) in [6, 6.07) is 6.85. The van der Waals surface area contributed by atoms with Crippen molar-refractivity contribution in [1.29, 1.82) is 0 Å². The van der Waals surface area contributed by atoms with Crippen LogP contribution in [0.15, 0.2) is 24.3 Å². The Labute approximate surface area is 118 Å². The van der Waals surface area contributed by atoms with Crippen LogP contribution in [0.5, 0.6) is 5.75 Å². The van der Waals surface area contributed by atoms with Crippen LogP contribution in [-0.2, 0) is 14.3 Å². The maximum atomic E-state index is 11.9. The van der Waals surface area contributed by atoms with Crippen molar-refractivity contribution in [3.05, 3.63) is 24.3 Å². The first-order chi connectivity index (χ1) is 9.43. The van der Waals surface area contributed by atoms with Gasteiger partial charge in [-0.2, -0.15) is 0 Å². The Kier molecular flexibility index (Phi) is 5.83. The van der Waals surface area contributed by atoms with Gasteiger partial charge >= 0.3 is 5.97 Å². The molecule has 1 aromatic rings. The van der Waals surface area contributed by atoms with Gasteiger partial charge in [0.25, 0.3) is 5.91 Å². The van der Waals surface area contributed by atoms with Gasteiger partial charge in [-0.3, -0.25) is 9.59 Å². The average molecular weight is 280 g/mol. The Morgan fingerprint density at radius 1 is 1.40 bits per heavy atom. The lowest BCUT2D eigenvalue weighted by molar-refractivity contribution is -0.146. The van der Waals surface area contributed by atoms with Crippen LogP contribution in [0.25, 0.3) is 0 Å². The van der Waals surface area contributed by atoms with E-state index in [9.17, 15) is 9.59 Å². The Morgan fingerprint density at radius 2 is 2.10 bits per heavy atom. The fourth-order valence-corrected chi connectivity index (χ4v) is 1.65. The standard InChI is InChI=1S/C14H20N2O4/c1-10(14(18)19-3)8-16(2)13(17)9-20-12-6-4-5-11(15)7-12/h4-7,10H,8-9,15H2,1-3H3. The number of ether oxygens (including phenoxy) is 2. The summed E-state index contributed by atoms with van der Waals surface area (Å²) in [5.41, 5.74) is 6.18. The molecule has 1 unspecified atom stereocenters. The number of nitrogen functional groups attached to an aromatic ring is 1. The average Bonchev–Trinajstić information content (AvgIpc) is 2.43. The second-order valence-electron chi connectivity index (χ2n) is 4.56. The number of rotatable bonds is 6. The van der Waals surface area contributed by atoms with Crippen LogP contribution in [0, 0.1) is 5.92 Å². The number of esters is 1. The van der Waals surface area contributed by atoms with Crippen LogP contribution in [0.4, 0.5) is 5.69 Å². The maximum Gasteiger partial charge on any atom is 0.310 e. The van der Waals surface area contributed by atoms with Crippen LogP contribution >= 0.6 is 0 Å². The third kappa shape index (κ3) is 4.79. The van der Waals surface area contributed by atoms with E-state index in [4.69, 9.17) is 10.5 Å². The van der Waals surface area contributed by atoms with Gasteiger partial charge in [-0.1, -0.05) is 13.0 Å². The molecule has 6 nitrogen and oxygen atoms in total. The number of likely N-dealkylation sites (N-methyl/N-ethyl adjacent to an activating group) is 1. The summed E-state index contributed by atoms with van der Waals surface area (Å²) in [5.74, 6) is -0.404. The van der Waals surface area contributed by atoms with Crippen LogP contribution in [-0.4, -0.2) is 44.1 Å². The van der Waals surface area contributed by atoms with Crippen LogP contribution < -0.4 is 10.5 Å². The van der Waals surface area contributed by atoms with Crippen LogP contribution in [0.3, 0.4) is 0 Å². The number of nitrogens with zero attached hydrogens (tertiary/aromatic N) is 1. The lowest BCUT2D eigenvalue weighted by Crippen LogP contribution is -2.37. The minimum Gasteiger partial charge on any atom is -0.484 e. The minimum atomic E-state index is -0.374. The quantitative estimate of drug-likeness (QED) is 0.619. The molecule has 0 heterocycles. The SMILES string of the molecule is COC(=O)C(C)CN(C)C(=O)COc1cccc(N)c1. The molecule has 0 saturated heterocycles. The summed E-state index contributed by atoms with van der Waals surface area (Å²) in [6.07, 6.45) is 0. The summed E-state index contributed by atoms with van der Waals surface area (Å²) < 4.78 is 9.96. The van der Waals surface area contributed by atoms with E-state index in [0.29, 0.717) is 11.4 Å². The fraction of sp³-hybridized carbons (Fsp3) is 0.429. The van der Waals surface area contributed by atoms with Crippen molar-refractivity contribution in [2.75, 3.05) is 33.0 Å². The predicted molar refractivity (Wildman–Crippen MR) is 75.2 cm³/mol. The van der Waals surface area contributed by atoms with Gasteiger partial charge in [0, 0.05) is 25.3 Å². The maximum absolute atomic E-state index is 11.9. The van der Waals surface area contributed by atoms with Crippen molar-refractivity contribution in [2.45, 2.75) is 6.92 Å². The van der Waals surface area contributed by atoms with Gasteiger partial charge in [-0.25, -0.2) is 0 Å². The van der Waals surface area contributed by atoms with Gasteiger partial charge < -0.3 is 20.1 Å². The minimum absolute atomic E-state index is 0.103. The molecule has 1 aromatic carbocycles. The number of benzene rings is 1. The number of anilines is 1. The second-order valence-corrected chi connectivity index (χ2v) is 4.56. The molecular formula is C14H20N2O4. The van der Waals surface area contributed by atoms with Crippen molar-refractivity contribution < 1.29 is 19.1 Å². The van der Waals surface area contributed by atoms with Gasteiger partial charge in [-0.15, -0.1) is 0 Å². The lowest BCUT2D eigenvalue weighted by Gasteiger charge is -2.20. The van der Waals surface area contributed by atoms with Gasteiger partial charge in [0.1, 0.15) is 5.75 Å². The molecule has 6 heteroatoms. The molecule has 20 heavy (non-hydrogen) atoms. The molecule has 0 bridgehead atoms. The number of amides is 1. The zero-order valence-electron chi connectivity index (χ0n) is 12.0. The number of carbonyl (C=O) groups is 2. The Balaban J connectivity index is 2.44. The number of carbonyl (C=O) groups excluding carboxylic acids is 2. The van der Waals surface area contributed by atoms with E-state index < -0.39 is 0 Å². The highest BCUT2D eigenvalue weighted by atomic mass is 16.5. The first-order valence-corrected chi connectivity index (χ1v) is 6.24. The zero-order chi connectivity index (χ0) is 15.1. The molecule has 2 N–H and O–H groups in total. The second kappa shape index (κ2) is 7.37. The molecule has 0 fully saturated rings. The summed E-state index contributed by atoms with van der Waals surface area (Å²) >= 11 is 0. The molecule has 0 radical (unpaired) electrons. The molecule has 1 amide bonds. The number of hydrogen-bond acceptors (Lipinski definition) is 5. The summed E-state index contributed by atoms with van der Waals surface area (Å²) in [6.45, 7) is 1.88. The van der Waals surface area contributed by atoms with E-state index in [0.717, 1.165) is 0 Å². The van der Waals surface area contributed by atoms with Gasteiger partial charge in [0.2, 0.25) is 0 Å². The molecule has 1 atom stereocenters. The van der Waals surface area contributed by atoms with Gasteiger partial charge in [0.15, 0.2) is 6.61 Å². The summed E-state index contributed by atoms with van der Waals surface area (Å²) in [7, 11) is 2.94. The van der Waals surface area contributed by atoms with Gasteiger partial charge in [-0.05, 0) is 12.1 Å². The monoisotopic (exact) mass is 280 g/mol. The molecule has 0 spiro atoms. The number of hydrogen-bond donors (Lipinski definition) is 1. The van der Waals surface area contributed by atoms with Crippen molar-refractivity contribution >= 4 is 17.6 Å². The number of methoxy groups -OCH3 is 1. The summed E-state index contributed by atoms with van der Waals surface area (Å²) in [4.78, 5) is 24.6. The molecule has 1 rings (SSSR count). The van der Waals surface area contributed by atoms with E-state index in [2.05, 4.69) is 4.74 Å². The van der Waals surface area contributed by atoms with E-state index in [1.807, 2.05) is 0 Å². The number of nitrogens with two attached hydrogens (primary N) is 1. The van der Waals surface area contributed by atoms with Gasteiger partial charge in [0.05, 0.1) is 13.0 Å². The first kappa shape index (κ1) is 15.8. The van der Waals surface area contributed by atoms with Crippen molar-refractivity contribution in [3.8, 4) is 5.75 Å². The molecular weight excluding hydrogens is 260 g/mol. The zero-order valence-corrected chi connectivity index (χ0v) is 12.0. The Morgan fingerprint density at radius 3 is 2.70 bits per heavy atom. The van der Waals surface area contributed by atoms with Crippen molar-refractivity contribution in [1.82, 2.24) is 4.90 Å². The molecule has 0 saturated carbocycles. The lowest BCUT2D eigenvalue weighted by atomic mass is 10.2. The van der Waals surface area contributed by atoms with Crippen molar-refractivity contribution in [3.63, 3.8) is 0 Å². The highest BCUT2D eigenvalue weighted by Crippen LogP contribution is 2.14. The highest BCUT2D eigenvalue weighted by molar-refractivity contribution is 5.79. The Hall–Kier alpha value is -2.24. The molecule has 0 aliphatic rings. The molecule has 0 aromatic heterocycles. The van der Waals surface area contributed by atoms with E-state index in [1.165, 1.54) is 12.0 Å². The van der Waals surface area contributed by atoms with Crippen molar-refractivity contribution in [2.24, 2.45) is 5.92 Å². The third-order valence-electron chi connectivity index (χ3n) is 2.80. The molecule has 110 valence electrons.